The summed E-state index contributed by atoms with van der Waals surface area (Å²) in [7, 11) is 0. The summed E-state index contributed by atoms with van der Waals surface area (Å²) in [6, 6.07) is 9.58. The minimum absolute atomic E-state index is 0.0218. The van der Waals surface area contributed by atoms with Crippen LogP contribution in [0.2, 0.25) is 0 Å². The molecule has 1 aromatic carbocycles. The second kappa shape index (κ2) is 9.28. The van der Waals surface area contributed by atoms with Crippen LogP contribution in [0.1, 0.15) is 47.1 Å². The SMILES string of the molecule is CC(C)(C)C(=O)OC[C@H]1O[C@H](C#Cc2ccccc2)C=C[C@@H]1OC(=O)C(C)(C)C. The molecule has 1 heterocycles. The van der Waals surface area contributed by atoms with Crippen molar-refractivity contribution in [1.29, 1.82) is 0 Å². The van der Waals surface area contributed by atoms with Crippen LogP contribution in [0.15, 0.2) is 42.5 Å². The number of carbonyl (C=O) groups is 2. The first kappa shape index (κ1) is 22.7. The summed E-state index contributed by atoms with van der Waals surface area (Å²) in [4.78, 5) is 24.5. The van der Waals surface area contributed by atoms with Gasteiger partial charge in [-0.25, -0.2) is 0 Å². The van der Waals surface area contributed by atoms with Gasteiger partial charge < -0.3 is 14.2 Å². The van der Waals surface area contributed by atoms with Gasteiger partial charge in [-0.3, -0.25) is 9.59 Å². The van der Waals surface area contributed by atoms with Crippen molar-refractivity contribution in [2.45, 2.75) is 59.9 Å². The highest BCUT2D eigenvalue weighted by atomic mass is 16.6. The standard InChI is InChI=1S/C24H30O5/c1-23(2,3)21(25)27-16-20-19(29-22(26)24(4,5)6)15-14-18(28-20)13-12-17-10-8-7-9-11-17/h7-11,14-15,18-20H,16H2,1-6H3/t18-,19+,20-/m1/s1. The predicted octanol–water partition coefficient (Wildman–Crippen LogP) is 3.91. The van der Waals surface area contributed by atoms with Gasteiger partial charge in [-0.2, -0.15) is 0 Å². The highest BCUT2D eigenvalue weighted by Crippen LogP contribution is 2.23. The number of ether oxygens (including phenoxy) is 3. The van der Waals surface area contributed by atoms with E-state index >= 15 is 0 Å². The summed E-state index contributed by atoms with van der Waals surface area (Å²) in [5.74, 6) is 5.42. The number of hydrogen-bond acceptors (Lipinski definition) is 5. The van der Waals surface area contributed by atoms with E-state index in [1.54, 1.807) is 53.7 Å². The third kappa shape index (κ3) is 7.07. The third-order valence-electron chi connectivity index (χ3n) is 4.14. The minimum Gasteiger partial charge on any atom is -0.462 e. The average molecular weight is 398 g/mol. The molecule has 1 aliphatic heterocycles. The molecule has 3 atom stereocenters. The molecule has 0 saturated carbocycles. The molecule has 5 heteroatoms. The van der Waals surface area contributed by atoms with E-state index in [0.29, 0.717) is 0 Å². The van der Waals surface area contributed by atoms with E-state index in [4.69, 9.17) is 14.2 Å². The lowest BCUT2D eigenvalue weighted by Gasteiger charge is -2.32. The van der Waals surface area contributed by atoms with Gasteiger partial charge >= 0.3 is 11.9 Å². The van der Waals surface area contributed by atoms with Crippen LogP contribution < -0.4 is 0 Å². The summed E-state index contributed by atoms with van der Waals surface area (Å²) in [5, 5.41) is 0. The molecule has 5 nitrogen and oxygen atoms in total. The molecular weight excluding hydrogens is 368 g/mol. The molecule has 0 fully saturated rings. The summed E-state index contributed by atoms with van der Waals surface area (Å²) < 4.78 is 17.0. The smallest absolute Gasteiger partial charge is 0.311 e. The first-order valence-electron chi connectivity index (χ1n) is 9.75. The van der Waals surface area contributed by atoms with Gasteiger partial charge in [-0.15, -0.1) is 0 Å². The molecule has 156 valence electrons. The monoisotopic (exact) mass is 398 g/mol. The van der Waals surface area contributed by atoms with Crippen LogP contribution in [-0.2, 0) is 23.8 Å². The van der Waals surface area contributed by atoms with E-state index in [1.807, 2.05) is 30.3 Å². The van der Waals surface area contributed by atoms with Gasteiger partial charge in [0.2, 0.25) is 0 Å². The van der Waals surface area contributed by atoms with Crippen molar-refractivity contribution in [2.24, 2.45) is 10.8 Å². The maximum atomic E-state index is 12.3. The molecule has 0 spiro atoms. The first-order valence-corrected chi connectivity index (χ1v) is 9.75. The average Bonchev–Trinajstić information content (AvgIpc) is 2.65. The van der Waals surface area contributed by atoms with E-state index in [2.05, 4.69) is 11.8 Å². The Morgan fingerprint density at radius 1 is 0.966 bits per heavy atom. The van der Waals surface area contributed by atoms with Crippen molar-refractivity contribution in [2.75, 3.05) is 6.61 Å². The van der Waals surface area contributed by atoms with Crippen molar-refractivity contribution in [3.8, 4) is 11.8 Å². The fraction of sp³-hybridized carbons (Fsp3) is 0.500. The van der Waals surface area contributed by atoms with Crippen molar-refractivity contribution in [3.05, 3.63) is 48.0 Å². The topological polar surface area (TPSA) is 61.8 Å². The fourth-order valence-corrected chi connectivity index (χ4v) is 2.33. The largest absolute Gasteiger partial charge is 0.462 e. The Balaban J connectivity index is 2.14. The summed E-state index contributed by atoms with van der Waals surface area (Å²) in [6.07, 6.45) is 1.75. The molecule has 0 N–H and O–H groups in total. The number of benzene rings is 1. The van der Waals surface area contributed by atoms with Crippen molar-refractivity contribution in [1.82, 2.24) is 0 Å². The Bertz CT molecular complexity index is 800. The van der Waals surface area contributed by atoms with Crippen LogP contribution in [0.25, 0.3) is 0 Å². The zero-order valence-electron chi connectivity index (χ0n) is 18.0. The second-order valence-electron chi connectivity index (χ2n) is 9.08. The Kier molecular flexibility index (Phi) is 7.26. The van der Waals surface area contributed by atoms with Crippen LogP contribution >= 0.6 is 0 Å². The number of rotatable bonds is 3. The number of esters is 2. The molecule has 0 bridgehead atoms. The summed E-state index contributed by atoms with van der Waals surface area (Å²) >= 11 is 0. The van der Waals surface area contributed by atoms with Crippen LogP contribution in [0.4, 0.5) is 0 Å². The predicted molar refractivity (Wildman–Crippen MR) is 111 cm³/mol. The lowest BCUT2D eigenvalue weighted by atomic mass is 9.97. The zero-order chi connectivity index (χ0) is 21.7. The third-order valence-corrected chi connectivity index (χ3v) is 4.14. The molecule has 0 unspecified atom stereocenters. The van der Waals surface area contributed by atoms with Crippen LogP contribution in [-0.4, -0.2) is 36.9 Å². The highest BCUT2D eigenvalue weighted by Gasteiger charge is 2.35. The van der Waals surface area contributed by atoms with Gasteiger partial charge in [0.15, 0.2) is 0 Å². The normalized spacial score (nSPS) is 21.7. The summed E-state index contributed by atoms with van der Waals surface area (Å²) in [6.45, 7) is 10.7. The lowest BCUT2D eigenvalue weighted by molar-refractivity contribution is -0.173. The zero-order valence-corrected chi connectivity index (χ0v) is 18.0. The van der Waals surface area contributed by atoms with E-state index in [1.165, 1.54) is 0 Å². The van der Waals surface area contributed by atoms with E-state index in [-0.39, 0.29) is 18.5 Å². The molecule has 0 saturated heterocycles. The molecule has 2 rings (SSSR count). The Morgan fingerprint density at radius 3 is 2.17 bits per heavy atom. The van der Waals surface area contributed by atoms with E-state index < -0.39 is 29.1 Å². The highest BCUT2D eigenvalue weighted by molar-refractivity contribution is 5.76. The van der Waals surface area contributed by atoms with Crippen LogP contribution in [0, 0.1) is 22.7 Å². The van der Waals surface area contributed by atoms with E-state index in [9.17, 15) is 9.59 Å². The molecule has 1 aliphatic rings. The Hall–Kier alpha value is -2.58. The van der Waals surface area contributed by atoms with Crippen molar-refractivity contribution in [3.63, 3.8) is 0 Å². The van der Waals surface area contributed by atoms with Gasteiger partial charge in [0, 0.05) is 5.56 Å². The van der Waals surface area contributed by atoms with Gasteiger partial charge in [0.05, 0.1) is 10.8 Å². The maximum absolute atomic E-state index is 12.3. The molecular formula is C24H30O5. The van der Waals surface area contributed by atoms with Gasteiger partial charge in [-0.1, -0.05) is 30.0 Å². The van der Waals surface area contributed by atoms with Crippen LogP contribution in [0.3, 0.4) is 0 Å². The molecule has 29 heavy (non-hydrogen) atoms. The Labute approximate surface area is 173 Å². The second-order valence-corrected chi connectivity index (χ2v) is 9.08. The number of hydrogen-bond donors (Lipinski definition) is 0. The van der Waals surface area contributed by atoms with Gasteiger partial charge in [-0.05, 0) is 65.8 Å². The molecule has 0 amide bonds. The van der Waals surface area contributed by atoms with Crippen LogP contribution in [0.5, 0.6) is 0 Å². The molecule has 0 aliphatic carbocycles. The maximum Gasteiger partial charge on any atom is 0.311 e. The molecule has 0 aromatic heterocycles. The number of carbonyl (C=O) groups excluding carboxylic acids is 2. The minimum atomic E-state index is -0.649. The quantitative estimate of drug-likeness (QED) is 0.439. The first-order chi connectivity index (χ1) is 13.5. The van der Waals surface area contributed by atoms with Gasteiger partial charge in [0.1, 0.15) is 24.9 Å². The van der Waals surface area contributed by atoms with Crippen molar-refractivity contribution < 1.29 is 23.8 Å². The fourth-order valence-electron chi connectivity index (χ4n) is 2.33. The van der Waals surface area contributed by atoms with Gasteiger partial charge in [0.25, 0.3) is 0 Å². The lowest BCUT2D eigenvalue weighted by Crippen LogP contribution is -2.43. The molecule has 0 radical (unpaired) electrons. The van der Waals surface area contributed by atoms with E-state index in [0.717, 1.165) is 5.56 Å². The van der Waals surface area contributed by atoms with Crippen molar-refractivity contribution >= 4 is 11.9 Å². The summed E-state index contributed by atoms with van der Waals surface area (Å²) in [5.41, 5.74) is -0.402. The molecule has 1 aromatic rings. The Morgan fingerprint density at radius 2 is 1.59 bits per heavy atom.